The van der Waals surface area contributed by atoms with Gasteiger partial charge in [-0.15, -0.1) is 11.3 Å². The number of benzene rings is 2. The minimum absolute atomic E-state index is 0.0311. The number of carbonyl (C=O) groups excluding carboxylic acids is 1. The lowest BCUT2D eigenvalue weighted by Crippen LogP contribution is -2.40. The van der Waals surface area contributed by atoms with Crippen molar-refractivity contribution in [3.05, 3.63) is 78.5 Å². The maximum absolute atomic E-state index is 13.0. The van der Waals surface area contributed by atoms with Gasteiger partial charge in [0.25, 0.3) is 0 Å². The summed E-state index contributed by atoms with van der Waals surface area (Å²) >= 11 is 1.45. The highest BCUT2D eigenvalue weighted by molar-refractivity contribution is 7.89. The lowest BCUT2D eigenvalue weighted by atomic mass is 10.1. The van der Waals surface area contributed by atoms with Crippen LogP contribution in [0.5, 0.6) is 0 Å². The van der Waals surface area contributed by atoms with Gasteiger partial charge in [0.1, 0.15) is 5.01 Å². The molecule has 1 aromatic heterocycles. The molecule has 4 rings (SSSR count). The third-order valence-corrected chi connectivity index (χ3v) is 7.16. The summed E-state index contributed by atoms with van der Waals surface area (Å²) in [6.07, 6.45) is 5.35. The summed E-state index contributed by atoms with van der Waals surface area (Å²) in [6.45, 7) is 5.29. The fourth-order valence-corrected chi connectivity index (χ4v) is 5.46. The summed E-state index contributed by atoms with van der Waals surface area (Å²) in [6, 6.07) is 15.1. The van der Waals surface area contributed by atoms with Crippen LogP contribution < -0.4 is 9.62 Å². The molecule has 0 atom stereocenters. The van der Waals surface area contributed by atoms with Gasteiger partial charge in [0.15, 0.2) is 0 Å². The minimum Gasteiger partial charge on any atom is -0.418 e. The average Bonchev–Trinajstić information content (AvgIpc) is 3.15. The van der Waals surface area contributed by atoms with Gasteiger partial charge in [-0.2, -0.15) is 0 Å². The first-order valence-corrected chi connectivity index (χ1v) is 12.4. The molecule has 1 N–H and O–H groups in total. The van der Waals surface area contributed by atoms with Crippen molar-refractivity contribution in [2.24, 2.45) is 0 Å². The monoisotopic (exact) mass is 480 g/mol. The van der Waals surface area contributed by atoms with E-state index in [1.165, 1.54) is 40.8 Å². The van der Waals surface area contributed by atoms with Gasteiger partial charge in [-0.25, -0.2) is 22.9 Å². The molecule has 0 saturated carbocycles. The Morgan fingerprint density at radius 2 is 1.88 bits per heavy atom. The van der Waals surface area contributed by atoms with Crippen LogP contribution in [0.4, 0.5) is 10.5 Å². The number of anilines is 1. The molecule has 0 bridgehead atoms. The van der Waals surface area contributed by atoms with E-state index in [9.17, 15) is 13.2 Å². The molecule has 0 fully saturated rings. The highest BCUT2D eigenvalue weighted by atomic mass is 32.2. The normalized spacial score (nSPS) is 14.3. The number of nitrogens with one attached hydrogen (secondary N) is 1. The van der Waals surface area contributed by atoms with Crippen molar-refractivity contribution in [3.8, 4) is 21.8 Å². The molecule has 1 amide bonds. The van der Waals surface area contributed by atoms with Gasteiger partial charge < -0.3 is 4.74 Å². The summed E-state index contributed by atoms with van der Waals surface area (Å²) in [7, 11) is -3.83. The van der Waals surface area contributed by atoms with Gasteiger partial charge in [-0.1, -0.05) is 24.3 Å². The first-order valence-electron chi connectivity index (χ1n) is 10.1. The third kappa shape index (κ3) is 5.22. The Labute approximate surface area is 197 Å². The van der Waals surface area contributed by atoms with Crippen LogP contribution in [0.25, 0.3) is 21.8 Å². The summed E-state index contributed by atoms with van der Waals surface area (Å²) in [5.74, 6) is 0. The number of ether oxygens (including phenoxy) is 1. The van der Waals surface area contributed by atoms with Gasteiger partial charge in [0.05, 0.1) is 22.5 Å². The Balaban J connectivity index is 1.84. The predicted molar refractivity (Wildman–Crippen MR) is 129 cm³/mol. The number of allylic oxidation sites excluding steroid dienone is 2. The lowest BCUT2D eigenvalue weighted by molar-refractivity contribution is 0.196. The zero-order valence-corrected chi connectivity index (χ0v) is 19.9. The van der Waals surface area contributed by atoms with Crippen molar-refractivity contribution in [2.45, 2.75) is 31.2 Å². The number of hydrogen-bond acceptors (Lipinski definition) is 6. The quantitative estimate of drug-likeness (QED) is 0.533. The molecule has 2 heterocycles. The van der Waals surface area contributed by atoms with Crippen molar-refractivity contribution in [3.63, 3.8) is 0 Å². The molecule has 1 aliphatic rings. The molecule has 169 valence electrons. The summed E-state index contributed by atoms with van der Waals surface area (Å²) in [5, 5.41) is 2.67. The second-order valence-electron chi connectivity index (χ2n) is 8.28. The second kappa shape index (κ2) is 8.93. The molecule has 0 spiro atoms. The minimum atomic E-state index is -3.83. The van der Waals surface area contributed by atoms with E-state index in [-0.39, 0.29) is 4.90 Å². The molecule has 0 aliphatic carbocycles. The van der Waals surface area contributed by atoms with E-state index in [1.54, 1.807) is 39.0 Å². The number of amides is 1. The predicted octanol–water partition coefficient (Wildman–Crippen LogP) is 5.34. The second-order valence-corrected chi connectivity index (χ2v) is 10.8. The highest BCUT2D eigenvalue weighted by Gasteiger charge is 2.26. The highest BCUT2D eigenvalue weighted by Crippen LogP contribution is 2.37. The van der Waals surface area contributed by atoms with E-state index < -0.39 is 21.7 Å². The first kappa shape index (κ1) is 22.9. The largest absolute Gasteiger partial charge is 0.423 e. The van der Waals surface area contributed by atoms with Crippen LogP contribution in [0.1, 0.15) is 20.8 Å². The number of rotatable bonds is 5. The van der Waals surface area contributed by atoms with Crippen LogP contribution in [-0.2, 0) is 14.8 Å². The van der Waals surface area contributed by atoms with Crippen LogP contribution >= 0.6 is 11.3 Å². The number of carbonyl (C=O) groups is 1. The smallest absolute Gasteiger partial charge is 0.418 e. The molecule has 7 nitrogen and oxygen atoms in total. The van der Waals surface area contributed by atoms with Gasteiger partial charge in [0.2, 0.25) is 10.0 Å². The number of nitrogens with zero attached hydrogens (tertiary/aromatic N) is 2. The molecular weight excluding hydrogens is 458 g/mol. The van der Waals surface area contributed by atoms with Crippen molar-refractivity contribution in [1.82, 2.24) is 9.71 Å². The van der Waals surface area contributed by atoms with Gasteiger partial charge >= 0.3 is 6.09 Å². The van der Waals surface area contributed by atoms with Crippen LogP contribution in [0.2, 0.25) is 0 Å². The van der Waals surface area contributed by atoms with Crippen LogP contribution in [0.15, 0.2) is 77.4 Å². The third-order valence-electron chi connectivity index (χ3n) is 4.52. The topological polar surface area (TPSA) is 88.6 Å². The number of aromatic nitrogens is 1. The van der Waals surface area contributed by atoms with E-state index in [2.05, 4.69) is 10.8 Å². The van der Waals surface area contributed by atoms with Crippen LogP contribution in [0, 0.1) is 6.07 Å². The van der Waals surface area contributed by atoms with Gasteiger partial charge in [-0.3, -0.25) is 4.90 Å². The van der Waals surface area contributed by atoms with Crippen LogP contribution in [0.3, 0.4) is 0 Å². The zero-order chi connectivity index (χ0) is 23.6. The Kier molecular flexibility index (Phi) is 6.20. The molecule has 0 unspecified atom stereocenters. The van der Waals surface area contributed by atoms with E-state index in [0.717, 1.165) is 10.6 Å². The molecule has 1 aliphatic heterocycles. The number of cyclic esters (lactones) is 1. The van der Waals surface area contributed by atoms with E-state index >= 15 is 0 Å². The average molecular weight is 481 g/mol. The summed E-state index contributed by atoms with van der Waals surface area (Å²) in [4.78, 5) is 18.7. The Morgan fingerprint density at radius 3 is 2.61 bits per heavy atom. The molecule has 0 saturated heterocycles. The summed E-state index contributed by atoms with van der Waals surface area (Å²) in [5.41, 5.74) is 1.83. The van der Waals surface area contributed by atoms with Gasteiger partial charge in [0, 0.05) is 28.2 Å². The Hall–Kier alpha value is -3.27. The number of thiazole rings is 1. The molecule has 2 aromatic carbocycles. The first-order chi connectivity index (χ1) is 15.6. The molecule has 3 aromatic rings. The van der Waals surface area contributed by atoms with E-state index in [0.29, 0.717) is 16.9 Å². The van der Waals surface area contributed by atoms with E-state index in [1.807, 2.05) is 29.6 Å². The fraction of sp³-hybridized carbons (Fsp3) is 0.167. The number of hydrogen-bond donors (Lipinski definition) is 1. The van der Waals surface area contributed by atoms with Gasteiger partial charge in [-0.05, 0) is 57.2 Å². The van der Waals surface area contributed by atoms with Crippen molar-refractivity contribution in [1.29, 1.82) is 0 Å². The molecular formula is C24H22N3O4S2. The Bertz CT molecular complexity index is 1340. The SMILES string of the molecule is CC(C)(C)NS(=O)(=O)c1ccc(-c2csc(-c3cc[c]cc3)n2)c(N2C=CC=COC2=O)c1. The summed E-state index contributed by atoms with van der Waals surface area (Å²) < 4.78 is 33.7. The van der Waals surface area contributed by atoms with E-state index in [4.69, 9.17) is 9.72 Å². The maximum atomic E-state index is 13.0. The van der Waals surface area contributed by atoms with Crippen molar-refractivity contribution < 1.29 is 17.9 Å². The fourth-order valence-electron chi connectivity index (χ4n) is 3.19. The lowest BCUT2D eigenvalue weighted by Gasteiger charge is -2.23. The molecule has 9 heteroatoms. The van der Waals surface area contributed by atoms with Crippen molar-refractivity contribution >= 4 is 33.1 Å². The van der Waals surface area contributed by atoms with Crippen LogP contribution in [-0.4, -0.2) is 25.0 Å². The Morgan fingerprint density at radius 1 is 1.12 bits per heavy atom. The maximum Gasteiger partial charge on any atom is 0.423 e. The standard InChI is InChI=1S/C24H22N3O4S2/c1-24(2,3)26-33(29,30)18-11-12-19(21(15-18)27-13-7-8-14-31-23(27)28)20-16-32-22(25-20)17-9-5-4-6-10-17/h5-16,26H,1-3H3. The van der Waals surface area contributed by atoms with Crippen molar-refractivity contribution in [2.75, 3.05) is 4.90 Å². The molecule has 1 radical (unpaired) electrons. The zero-order valence-electron chi connectivity index (χ0n) is 18.3. The number of sulfonamides is 1. The molecule has 33 heavy (non-hydrogen) atoms.